The minimum Gasteiger partial charge on any atom is -0.508 e. The molecule has 1 aromatic rings. The Labute approximate surface area is 97.9 Å². The molecule has 2 aliphatic rings. The summed E-state index contributed by atoms with van der Waals surface area (Å²) in [6.07, 6.45) is 1.31. The largest absolute Gasteiger partial charge is 0.508 e. The number of benzene rings is 1. The van der Waals surface area contributed by atoms with Gasteiger partial charge in [0.05, 0.1) is 0 Å². The normalized spacial score (nSPS) is 10.8. The van der Waals surface area contributed by atoms with Gasteiger partial charge >= 0.3 is 0 Å². The van der Waals surface area contributed by atoms with Crippen LogP contribution in [-0.2, 0) is 0 Å². The lowest BCUT2D eigenvalue weighted by Gasteiger charge is -1.96. The lowest BCUT2D eigenvalue weighted by Crippen LogP contribution is -1.71. The number of phenolic OH excluding ortho intramolecular Hbond substituents is 1. The van der Waals surface area contributed by atoms with Gasteiger partial charge < -0.3 is 14.6 Å². The van der Waals surface area contributed by atoms with Gasteiger partial charge in [-0.1, -0.05) is 12.1 Å². The van der Waals surface area contributed by atoms with Crippen LogP contribution in [0, 0.1) is 0 Å². The van der Waals surface area contributed by atoms with Crippen molar-refractivity contribution in [2.45, 2.75) is 0 Å². The Morgan fingerprint density at radius 3 is 2.24 bits per heavy atom. The van der Waals surface area contributed by atoms with Crippen molar-refractivity contribution in [2.75, 3.05) is 0 Å². The van der Waals surface area contributed by atoms with Gasteiger partial charge in [0.1, 0.15) is 17.8 Å². The van der Waals surface area contributed by atoms with Crippen molar-refractivity contribution in [1.29, 1.82) is 0 Å². The van der Waals surface area contributed by atoms with Gasteiger partial charge in [-0.25, -0.2) is 0 Å². The summed E-state index contributed by atoms with van der Waals surface area (Å²) in [6, 6.07) is 12.4. The number of hydrogen-bond donors (Lipinski definition) is 2. The Morgan fingerprint density at radius 1 is 0.706 bits per heavy atom. The SMILES string of the molecule is Oc1ccc(-c2cc3cc(O)coc-3c2)cc1. The summed E-state index contributed by atoms with van der Waals surface area (Å²) in [5, 5.41) is 18.5. The molecule has 17 heavy (non-hydrogen) atoms. The molecule has 0 radical (unpaired) electrons. The molecule has 0 spiro atoms. The zero-order valence-corrected chi connectivity index (χ0v) is 8.92. The standard InChI is InChI=1S/C14H10O3/c15-12-3-1-9(2-4-12)10-5-11-6-13(16)8-17-14(11)7-10/h1-8,15-16H. The van der Waals surface area contributed by atoms with Crippen molar-refractivity contribution in [3.05, 3.63) is 48.7 Å². The van der Waals surface area contributed by atoms with E-state index in [0.717, 1.165) is 22.5 Å². The summed E-state index contributed by atoms with van der Waals surface area (Å²) in [6.45, 7) is 0. The van der Waals surface area contributed by atoms with Gasteiger partial charge in [0.2, 0.25) is 0 Å². The molecule has 0 unspecified atom stereocenters. The number of aromatic hydroxyl groups is 2. The van der Waals surface area contributed by atoms with Gasteiger partial charge in [-0.3, -0.25) is 0 Å². The van der Waals surface area contributed by atoms with Crippen molar-refractivity contribution in [3.8, 4) is 33.9 Å². The fourth-order valence-corrected chi connectivity index (χ4v) is 1.86. The van der Waals surface area contributed by atoms with Crippen molar-refractivity contribution in [3.63, 3.8) is 0 Å². The Kier molecular flexibility index (Phi) is 2.05. The number of phenols is 1. The minimum absolute atomic E-state index is 0.111. The van der Waals surface area contributed by atoms with E-state index in [1.165, 1.54) is 6.26 Å². The van der Waals surface area contributed by atoms with Gasteiger partial charge in [0.15, 0.2) is 5.75 Å². The maximum atomic E-state index is 9.32. The molecule has 0 atom stereocenters. The van der Waals surface area contributed by atoms with Crippen LogP contribution in [-0.4, -0.2) is 10.2 Å². The second-order valence-corrected chi connectivity index (χ2v) is 3.92. The number of fused-ring (bicyclic) bond motifs is 1. The Balaban J connectivity index is 2.12. The predicted octanol–water partition coefficient (Wildman–Crippen LogP) is 3.46. The van der Waals surface area contributed by atoms with Crippen LogP contribution in [0.25, 0.3) is 22.5 Å². The van der Waals surface area contributed by atoms with Crippen LogP contribution in [0.15, 0.2) is 53.1 Å². The molecule has 0 amide bonds. The van der Waals surface area contributed by atoms with Gasteiger partial charge in [0, 0.05) is 5.56 Å². The average molecular weight is 226 g/mol. The van der Waals surface area contributed by atoms with Crippen LogP contribution in [0.3, 0.4) is 0 Å². The zero-order chi connectivity index (χ0) is 11.8. The van der Waals surface area contributed by atoms with Crippen molar-refractivity contribution in [2.24, 2.45) is 0 Å². The molecule has 1 aromatic carbocycles. The summed E-state index contributed by atoms with van der Waals surface area (Å²) in [7, 11) is 0. The first-order valence-corrected chi connectivity index (χ1v) is 5.23. The molecular weight excluding hydrogens is 216 g/mol. The highest BCUT2D eigenvalue weighted by Gasteiger charge is 2.10. The van der Waals surface area contributed by atoms with Crippen molar-refractivity contribution >= 4 is 0 Å². The van der Waals surface area contributed by atoms with E-state index >= 15 is 0 Å². The predicted molar refractivity (Wildman–Crippen MR) is 64.1 cm³/mol. The van der Waals surface area contributed by atoms with E-state index in [4.69, 9.17) is 4.42 Å². The molecule has 0 aromatic heterocycles. The quantitative estimate of drug-likeness (QED) is 0.668. The fourth-order valence-electron chi connectivity index (χ4n) is 1.86. The Hall–Kier alpha value is -2.42. The molecule has 1 aliphatic heterocycles. The van der Waals surface area contributed by atoms with Crippen molar-refractivity contribution in [1.82, 2.24) is 0 Å². The van der Waals surface area contributed by atoms with Crippen LogP contribution in [0.4, 0.5) is 0 Å². The molecule has 84 valence electrons. The van der Waals surface area contributed by atoms with E-state index in [0.29, 0.717) is 0 Å². The van der Waals surface area contributed by atoms with E-state index in [2.05, 4.69) is 0 Å². The highest BCUT2D eigenvalue weighted by molar-refractivity contribution is 5.77. The van der Waals surface area contributed by atoms with E-state index in [1.54, 1.807) is 18.2 Å². The van der Waals surface area contributed by atoms with Crippen LogP contribution >= 0.6 is 0 Å². The summed E-state index contributed by atoms with van der Waals surface area (Å²) in [5.74, 6) is 1.08. The third-order valence-corrected chi connectivity index (χ3v) is 2.69. The lowest BCUT2D eigenvalue weighted by atomic mass is 10.1. The Bertz CT molecular complexity index is 623. The maximum absolute atomic E-state index is 9.32. The zero-order valence-electron chi connectivity index (χ0n) is 8.92. The molecule has 0 saturated carbocycles. The average Bonchev–Trinajstić information content (AvgIpc) is 2.72. The van der Waals surface area contributed by atoms with E-state index in [9.17, 15) is 10.2 Å². The third kappa shape index (κ3) is 1.72. The molecule has 3 nitrogen and oxygen atoms in total. The molecule has 0 bridgehead atoms. The molecule has 0 saturated heterocycles. The fraction of sp³-hybridized carbons (Fsp3) is 0. The van der Waals surface area contributed by atoms with Crippen LogP contribution < -0.4 is 0 Å². The van der Waals surface area contributed by atoms with Gasteiger partial charge in [-0.15, -0.1) is 0 Å². The van der Waals surface area contributed by atoms with Crippen LogP contribution in [0.1, 0.15) is 0 Å². The molecule has 1 heterocycles. The highest BCUT2D eigenvalue weighted by Crippen LogP contribution is 2.34. The number of hydrogen-bond acceptors (Lipinski definition) is 3. The molecule has 0 fully saturated rings. The van der Waals surface area contributed by atoms with Gasteiger partial charge in [0.25, 0.3) is 0 Å². The van der Waals surface area contributed by atoms with E-state index < -0.39 is 0 Å². The lowest BCUT2D eigenvalue weighted by molar-refractivity contribution is 0.439. The summed E-state index contributed by atoms with van der Waals surface area (Å²) < 4.78 is 5.27. The Morgan fingerprint density at radius 2 is 1.47 bits per heavy atom. The highest BCUT2D eigenvalue weighted by atomic mass is 16.3. The molecule has 2 N–H and O–H groups in total. The minimum atomic E-state index is 0.111. The topological polar surface area (TPSA) is 53.6 Å². The maximum Gasteiger partial charge on any atom is 0.151 e. The van der Waals surface area contributed by atoms with Gasteiger partial charge in [-0.05, 0) is 41.5 Å². The first-order valence-electron chi connectivity index (χ1n) is 5.23. The molecule has 1 aliphatic carbocycles. The first kappa shape index (κ1) is 9.78. The third-order valence-electron chi connectivity index (χ3n) is 2.69. The summed E-state index contributed by atoms with van der Waals surface area (Å²) in [5.41, 5.74) is 2.84. The number of rotatable bonds is 1. The van der Waals surface area contributed by atoms with E-state index in [-0.39, 0.29) is 11.5 Å². The second-order valence-electron chi connectivity index (χ2n) is 3.92. The van der Waals surface area contributed by atoms with Crippen LogP contribution in [0.2, 0.25) is 0 Å². The monoisotopic (exact) mass is 226 g/mol. The van der Waals surface area contributed by atoms with Crippen molar-refractivity contribution < 1.29 is 14.6 Å². The van der Waals surface area contributed by atoms with Gasteiger partial charge in [-0.2, -0.15) is 0 Å². The van der Waals surface area contributed by atoms with Crippen LogP contribution in [0.5, 0.6) is 11.5 Å². The van der Waals surface area contributed by atoms with E-state index in [1.807, 2.05) is 24.3 Å². The molecular formula is C14H10O3. The second kappa shape index (κ2) is 3.56. The smallest absolute Gasteiger partial charge is 0.151 e. The summed E-state index contributed by atoms with van der Waals surface area (Å²) in [4.78, 5) is 0. The first-order chi connectivity index (χ1) is 8.22. The molecule has 3 rings (SSSR count). The molecule has 3 heteroatoms. The summed E-state index contributed by atoms with van der Waals surface area (Å²) >= 11 is 0.